The molecule has 12 bridgehead atoms. The third kappa shape index (κ3) is 8.33. The first-order valence-corrected chi connectivity index (χ1v) is 16.4. The molecule has 0 amide bonds. The van der Waals surface area contributed by atoms with Crippen LogP contribution in [0.3, 0.4) is 0 Å². The van der Waals surface area contributed by atoms with Gasteiger partial charge in [-0.2, -0.15) is 0 Å². The van der Waals surface area contributed by atoms with Crippen LogP contribution in [0, 0.1) is 0 Å². The van der Waals surface area contributed by atoms with Crippen molar-refractivity contribution in [2.45, 2.75) is 26.2 Å². The Morgan fingerprint density at radius 1 is 0.312 bits per heavy atom. The zero-order valence-electron chi connectivity index (χ0n) is 26.9. The van der Waals surface area contributed by atoms with Gasteiger partial charge in [-0.25, -0.2) is 18.3 Å². The van der Waals surface area contributed by atoms with E-state index in [-0.39, 0.29) is 0 Å². The minimum atomic E-state index is 0.558. The molecule has 8 heteroatoms. The van der Waals surface area contributed by atoms with Crippen molar-refractivity contribution in [2.75, 3.05) is 26.4 Å². The molecule has 0 saturated carbocycles. The number of ether oxygens (including phenoxy) is 4. The number of pyridine rings is 4. The van der Waals surface area contributed by atoms with Crippen molar-refractivity contribution in [1.29, 1.82) is 0 Å². The van der Waals surface area contributed by atoms with Gasteiger partial charge in [-0.05, 0) is 58.7 Å². The van der Waals surface area contributed by atoms with Crippen LogP contribution < -0.4 is 37.2 Å². The quantitative estimate of drug-likeness (QED) is 0.224. The van der Waals surface area contributed by atoms with Gasteiger partial charge in [0.2, 0.25) is 0 Å². The number of rotatable bonds is 0. The van der Waals surface area contributed by atoms with E-state index in [2.05, 4.69) is 116 Å². The fourth-order valence-corrected chi connectivity index (χ4v) is 5.56. The second-order valence-corrected chi connectivity index (χ2v) is 11.6. The highest BCUT2D eigenvalue weighted by Crippen LogP contribution is 2.21. The van der Waals surface area contributed by atoms with Crippen molar-refractivity contribution in [1.82, 2.24) is 0 Å². The van der Waals surface area contributed by atoms with E-state index in [0.717, 1.165) is 49.2 Å². The zero-order valence-corrected chi connectivity index (χ0v) is 26.9. The van der Waals surface area contributed by atoms with Crippen molar-refractivity contribution in [3.8, 4) is 45.3 Å². The molecule has 0 fully saturated rings. The molecule has 8 aliphatic rings. The lowest BCUT2D eigenvalue weighted by Crippen LogP contribution is -2.36. The largest absolute Gasteiger partial charge is 0.487 e. The maximum Gasteiger partial charge on any atom is 0.182 e. The van der Waals surface area contributed by atoms with Crippen molar-refractivity contribution in [2.24, 2.45) is 0 Å². The predicted molar refractivity (Wildman–Crippen MR) is 179 cm³/mol. The fraction of sp³-hybridized carbons (Fsp3) is 0.200. The van der Waals surface area contributed by atoms with Gasteiger partial charge in [-0.1, -0.05) is 6.07 Å². The summed E-state index contributed by atoms with van der Waals surface area (Å²) in [5, 5.41) is 0. The Kier molecular flexibility index (Phi) is 9.79. The molecule has 6 aromatic rings. The Hall–Kier alpha value is -5.76. The van der Waals surface area contributed by atoms with Gasteiger partial charge in [-0.15, -0.1) is 0 Å². The van der Waals surface area contributed by atoms with Gasteiger partial charge in [-0.3, -0.25) is 0 Å². The summed E-state index contributed by atoms with van der Waals surface area (Å²) in [4.78, 5) is 0. The molecule has 14 rings (SSSR count). The van der Waals surface area contributed by atoms with Crippen molar-refractivity contribution in [3.05, 3.63) is 147 Å². The van der Waals surface area contributed by atoms with Crippen LogP contribution in [-0.4, -0.2) is 26.4 Å². The molecule has 12 heterocycles. The molecule has 0 saturated heterocycles. The zero-order chi connectivity index (χ0) is 32.4. The van der Waals surface area contributed by atoms with Gasteiger partial charge in [0, 0.05) is 54.6 Å². The van der Waals surface area contributed by atoms with Crippen LogP contribution in [0.5, 0.6) is 23.0 Å². The highest BCUT2D eigenvalue weighted by Gasteiger charge is 2.10. The molecule has 0 unspecified atom stereocenters. The normalized spacial score (nSPS) is 13.8. The summed E-state index contributed by atoms with van der Waals surface area (Å²) < 4.78 is 32.6. The van der Waals surface area contributed by atoms with E-state index in [1.807, 2.05) is 48.5 Å². The minimum absolute atomic E-state index is 0.558. The van der Waals surface area contributed by atoms with E-state index < -0.39 is 0 Å². The van der Waals surface area contributed by atoms with Gasteiger partial charge in [0.25, 0.3) is 0 Å². The first-order valence-electron chi connectivity index (χ1n) is 16.4. The van der Waals surface area contributed by atoms with E-state index in [1.54, 1.807) is 0 Å². The monoisotopic (exact) mass is 640 g/mol. The van der Waals surface area contributed by atoms with Crippen molar-refractivity contribution < 1.29 is 37.2 Å². The molecule has 0 aliphatic carbocycles. The summed E-state index contributed by atoms with van der Waals surface area (Å²) in [5.74, 6) is 3.25. The lowest BCUT2D eigenvalue weighted by molar-refractivity contribution is -0.697. The molecule has 0 spiro atoms. The molecule has 4 aromatic heterocycles. The summed E-state index contributed by atoms with van der Waals surface area (Å²) in [5.41, 5.74) is 4.67. The van der Waals surface area contributed by atoms with E-state index in [4.69, 9.17) is 18.9 Å². The van der Waals surface area contributed by atoms with Gasteiger partial charge >= 0.3 is 0 Å². The first-order chi connectivity index (χ1) is 23.7. The lowest BCUT2D eigenvalue weighted by Gasteiger charge is -2.08. The topological polar surface area (TPSA) is 52.4 Å². The van der Waals surface area contributed by atoms with Crippen molar-refractivity contribution >= 4 is 0 Å². The number of nitrogens with zero attached hydrogens (tertiary/aromatic N) is 4. The van der Waals surface area contributed by atoms with E-state index in [9.17, 15) is 0 Å². The average molecular weight is 641 g/mol. The average Bonchev–Trinajstić information content (AvgIpc) is 3.13. The standard InChI is InChI=1S/C40H40N4O4/c1-2-39-32-40(3-1)48-31-27-44-22-14-36(15-23-44)34-10-18-42(19-11-34)25-29-46-38-6-4-37(5-7-38)45-28-24-41-16-8-33(9-17-41)35-12-20-43(21-13-35)26-30-47-39/h1-23,32H,24-31H2/q+4. The highest BCUT2D eigenvalue weighted by atomic mass is 16.5. The van der Waals surface area contributed by atoms with Gasteiger partial charge < -0.3 is 18.9 Å². The molecule has 0 radical (unpaired) electrons. The maximum absolute atomic E-state index is 6.06. The second kappa shape index (κ2) is 15.2. The summed E-state index contributed by atoms with van der Waals surface area (Å²) in [6.07, 6.45) is 16.7. The first kappa shape index (κ1) is 30.9. The maximum atomic E-state index is 6.06. The molecular weight excluding hydrogens is 600 g/mol. The Morgan fingerprint density at radius 2 is 0.583 bits per heavy atom. The number of hydrogen-bond acceptors (Lipinski definition) is 4. The van der Waals surface area contributed by atoms with E-state index >= 15 is 0 Å². The third-order valence-corrected chi connectivity index (χ3v) is 8.33. The second-order valence-electron chi connectivity index (χ2n) is 11.6. The minimum Gasteiger partial charge on any atom is -0.487 e. The van der Waals surface area contributed by atoms with E-state index in [0.29, 0.717) is 26.4 Å². The van der Waals surface area contributed by atoms with Gasteiger partial charge in [0.15, 0.2) is 75.8 Å². The van der Waals surface area contributed by atoms with Crippen molar-refractivity contribution in [3.63, 3.8) is 0 Å². The van der Waals surface area contributed by atoms with E-state index in [1.165, 1.54) is 22.3 Å². The number of hydrogen-bond donors (Lipinski definition) is 0. The molecule has 0 N–H and O–H groups in total. The van der Waals surface area contributed by atoms with Gasteiger partial charge in [0.1, 0.15) is 49.4 Å². The Balaban J connectivity index is 1.02. The summed E-state index contributed by atoms with van der Waals surface area (Å²) in [7, 11) is 0. The summed E-state index contributed by atoms with van der Waals surface area (Å²) in [6.45, 7) is 5.25. The molecule has 48 heavy (non-hydrogen) atoms. The molecular formula is C40H40N4O4+4. The summed E-state index contributed by atoms with van der Waals surface area (Å²) >= 11 is 0. The smallest absolute Gasteiger partial charge is 0.182 e. The van der Waals surface area contributed by atoms with Crippen LogP contribution in [0.4, 0.5) is 0 Å². The predicted octanol–water partition coefficient (Wildman–Crippen LogP) is 4.80. The van der Waals surface area contributed by atoms with Crippen LogP contribution in [-0.2, 0) is 26.2 Å². The number of fused-ring (bicyclic) bond motifs is 1. The highest BCUT2D eigenvalue weighted by molar-refractivity contribution is 5.61. The molecule has 0 atom stereocenters. The Morgan fingerprint density at radius 3 is 0.875 bits per heavy atom. The number of aromatic nitrogens is 4. The lowest BCUT2D eigenvalue weighted by atomic mass is 10.1. The Bertz CT molecular complexity index is 1760. The van der Waals surface area contributed by atoms with Gasteiger partial charge in [0.05, 0.1) is 0 Å². The molecule has 240 valence electrons. The Labute approximate surface area is 281 Å². The SMILES string of the molecule is c1cc2cc(c1)OCC[n+]1ccc(cc1)-c1cc[n+](cc1)CCOc1ccc(cc1)OCC[n+]1ccc(cc1)-c1cc[n+](cc1)CCO2. The summed E-state index contributed by atoms with van der Waals surface area (Å²) in [6, 6.07) is 32.8. The van der Waals surface area contributed by atoms with Crippen LogP contribution in [0.1, 0.15) is 0 Å². The molecule has 8 nitrogen and oxygen atoms in total. The van der Waals surface area contributed by atoms with Crippen LogP contribution in [0.15, 0.2) is 147 Å². The van der Waals surface area contributed by atoms with Crippen LogP contribution in [0.25, 0.3) is 22.3 Å². The molecule has 2 aromatic carbocycles. The third-order valence-electron chi connectivity index (χ3n) is 8.33. The molecule has 8 aliphatic heterocycles. The van der Waals surface area contributed by atoms with Crippen LogP contribution >= 0.6 is 0 Å². The number of benzene rings is 2. The fourth-order valence-electron chi connectivity index (χ4n) is 5.56. The van der Waals surface area contributed by atoms with Crippen LogP contribution in [0.2, 0.25) is 0 Å².